The van der Waals surface area contributed by atoms with Crippen LogP contribution in [0.5, 0.6) is 0 Å². The highest BCUT2D eigenvalue weighted by atomic mass is 19.1. The Hall–Kier alpha value is -3.91. The van der Waals surface area contributed by atoms with Crippen LogP contribution in [0.1, 0.15) is 86.1 Å². The molecule has 1 atom stereocenters. The van der Waals surface area contributed by atoms with Gasteiger partial charge in [0, 0.05) is 16.8 Å². The number of allylic oxidation sites excluding steroid dienone is 7. The topological polar surface area (TPSA) is 12.0 Å². The maximum absolute atomic E-state index is 13.6. The molecule has 0 saturated heterocycles. The zero-order valence-electron chi connectivity index (χ0n) is 26.6. The van der Waals surface area contributed by atoms with Crippen molar-refractivity contribution >= 4 is 17.3 Å². The van der Waals surface area contributed by atoms with Crippen LogP contribution in [-0.2, 0) is 11.8 Å². The zero-order valence-corrected chi connectivity index (χ0v) is 26.6. The van der Waals surface area contributed by atoms with E-state index >= 15 is 0 Å². The van der Waals surface area contributed by atoms with Gasteiger partial charge in [0.1, 0.15) is 5.82 Å². The van der Waals surface area contributed by atoms with Crippen molar-refractivity contribution in [2.24, 2.45) is 0 Å². The lowest BCUT2D eigenvalue weighted by molar-refractivity contribution is 0.602. The monoisotopic (exact) mass is 549 g/mol. The van der Waals surface area contributed by atoms with E-state index < -0.39 is 0 Å². The van der Waals surface area contributed by atoms with Crippen LogP contribution in [0.2, 0.25) is 0 Å². The molecule has 0 aliphatic heterocycles. The lowest BCUT2D eigenvalue weighted by Crippen LogP contribution is -2.22. The smallest absolute Gasteiger partial charge is 0.129 e. The second-order valence-corrected chi connectivity index (χ2v) is 10.8. The number of aryl methyl sites for hydroxylation is 2. The van der Waals surface area contributed by atoms with Crippen LogP contribution in [0.25, 0.3) is 11.6 Å². The molecular formula is C39H48FN. The third-order valence-electron chi connectivity index (χ3n) is 7.71. The van der Waals surface area contributed by atoms with Crippen LogP contribution in [0, 0.1) is 26.6 Å². The van der Waals surface area contributed by atoms with E-state index in [0.29, 0.717) is 0 Å². The van der Waals surface area contributed by atoms with Crippen molar-refractivity contribution in [3.8, 4) is 0 Å². The lowest BCUT2D eigenvalue weighted by atomic mass is 9.73. The van der Waals surface area contributed by atoms with E-state index in [1.807, 2.05) is 58.9 Å². The van der Waals surface area contributed by atoms with Crippen molar-refractivity contribution in [3.63, 3.8) is 0 Å². The SMILES string of the molecule is C=CC(C)(c1ccc(NC(=C)C)cc1)c1cc(/C(C)=C/C=C\C)cc(C)c1C.CC=Cc1ccc(CC)c(F)c1C. The summed E-state index contributed by atoms with van der Waals surface area (Å²) < 4.78 is 13.6. The Kier molecular flexibility index (Phi) is 12.3. The second kappa shape index (κ2) is 15.2. The molecule has 1 N–H and O–H groups in total. The van der Waals surface area contributed by atoms with Crippen molar-refractivity contribution in [1.29, 1.82) is 0 Å². The molecule has 0 radical (unpaired) electrons. The van der Waals surface area contributed by atoms with E-state index in [2.05, 4.69) is 107 Å². The molecule has 0 amide bonds. The van der Waals surface area contributed by atoms with E-state index in [0.717, 1.165) is 34.5 Å². The van der Waals surface area contributed by atoms with Crippen molar-refractivity contribution < 1.29 is 4.39 Å². The Morgan fingerprint density at radius 3 is 2.15 bits per heavy atom. The predicted molar refractivity (Wildman–Crippen MR) is 181 cm³/mol. The predicted octanol–water partition coefficient (Wildman–Crippen LogP) is 11.4. The van der Waals surface area contributed by atoms with Gasteiger partial charge in [0.2, 0.25) is 0 Å². The molecule has 41 heavy (non-hydrogen) atoms. The third-order valence-corrected chi connectivity index (χ3v) is 7.71. The average molecular weight is 550 g/mol. The van der Waals surface area contributed by atoms with Crippen LogP contribution in [0.3, 0.4) is 0 Å². The number of rotatable bonds is 9. The summed E-state index contributed by atoms with van der Waals surface area (Å²) in [5.41, 5.74) is 11.9. The van der Waals surface area contributed by atoms with E-state index in [4.69, 9.17) is 0 Å². The first kappa shape index (κ1) is 33.3. The highest BCUT2D eigenvalue weighted by molar-refractivity contribution is 5.68. The second-order valence-electron chi connectivity index (χ2n) is 10.8. The number of nitrogens with one attached hydrogen (secondary N) is 1. The largest absolute Gasteiger partial charge is 0.360 e. The van der Waals surface area contributed by atoms with Gasteiger partial charge in [0.25, 0.3) is 0 Å². The van der Waals surface area contributed by atoms with Crippen LogP contribution in [0.4, 0.5) is 10.1 Å². The molecule has 0 bridgehead atoms. The molecule has 0 fully saturated rings. The summed E-state index contributed by atoms with van der Waals surface area (Å²) in [5.74, 6) is -0.0573. The van der Waals surface area contributed by atoms with E-state index in [1.54, 1.807) is 0 Å². The molecule has 3 aromatic carbocycles. The normalized spacial score (nSPS) is 13.1. The molecule has 1 unspecified atom stereocenters. The first-order chi connectivity index (χ1) is 19.4. The van der Waals surface area contributed by atoms with Gasteiger partial charge in [0.15, 0.2) is 0 Å². The zero-order chi connectivity index (χ0) is 30.7. The molecule has 0 aliphatic carbocycles. The Balaban J connectivity index is 0.000000377. The Bertz CT molecular complexity index is 1450. The molecular weight excluding hydrogens is 501 g/mol. The van der Waals surface area contributed by atoms with Crippen molar-refractivity contribution in [1.82, 2.24) is 0 Å². The maximum atomic E-state index is 13.6. The summed E-state index contributed by atoms with van der Waals surface area (Å²) in [6, 6.07) is 17.0. The van der Waals surface area contributed by atoms with Gasteiger partial charge in [-0.3, -0.25) is 0 Å². The minimum Gasteiger partial charge on any atom is -0.360 e. The highest BCUT2D eigenvalue weighted by Crippen LogP contribution is 2.38. The number of benzene rings is 3. The molecule has 3 rings (SSSR count). The Morgan fingerprint density at radius 2 is 1.61 bits per heavy atom. The van der Waals surface area contributed by atoms with Gasteiger partial charge in [-0.05, 0) is 130 Å². The molecule has 0 heterocycles. The van der Waals surface area contributed by atoms with Crippen LogP contribution < -0.4 is 5.32 Å². The first-order valence-electron chi connectivity index (χ1n) is 14.4. The fraction of sp³-hybridized carbons (Fsp3) is 0.282. The summed E-state index contributed by atoms with van der Waals surface area (Å²) in [4.78, 5) is 0. The van der Waals surface area contributed by atoms with Crippen molar-refractivity contribution in [2.45, 2.75) is 74.1 Å². The minimum absolute atomic E-state index is 0.0573. The van der Waals surface area contributed by atoms with E-state index in [9.17, 15) is 4.39 Å². The fourth-order valence-electron chi connectivity index (χ4n) is 4.88. The fourth-order valence-corrected chi connectivity index (χ4v) is 4.88. The molecule has 1 nitrogen and oxygen atoms in total. The van der Waals surface area contributed by atoms with Gasteiger partial charge in [-0.25, -0.2) is 4.39 Å². The van der Waals surface area contributed by atoms with Crippen LogP contribution in [0.15, 0.2) is 97.8 Å². The summed E-state index contributed by atoms with van der Waals surface area (Å²) in [6.45, 7) is 26.6. The molecule has 0 aliphatic rings. The molecule has 0 saturated carbocycles. The molecule has 3 aromatic rings. The Morgan fingerprint density at radius 1 is 0.951 bits per heavy atom. The first-order valence-corrected chi connectivity index (χ1v) is 14.4. The molecule has 216 valence electrons. The lowest BCUT2D eigenvalue weighted by Gasteiger charge is -2.31. The van der Waals surface area contributed by atoms with Gasteiger partial charge in [-0.2, -0.15) is 0 Å². The highest BCUT2D eigenvalue weighted by Gasteiger charge is 2.28. The standard InChI is InChI=1S/C27H33N.C12H15F/c1-9-11-12-20(5)23-17-21(6)22(7)26(18-23)27(8,10-2)24-13-15-25(16-14-24)28-19(3)4;1-4-6-11-8-7-10(5-2)12(13)9(11)3/h9-18,28H,2-3H2,1,4-8H3;4,6-8H,5H2,1-3H3/b11-9-,20-12+;. The van der Waals surface area contributed by atoms with Gasteiger partial charge < -0.3 is 5.32 Å². The van der Waals surface area contributed by atoms with Crippen LogP contribution in [-0.4, -0.2) is 0 Å². The number of hydrogen-bond donors (Lipinski definition) is 1. The Labute approximate surface area is 248 Å². The van der Waals surface area contributed by atoms with Gasteiger partial charge in [0.05, 0.1) is 0 Å². The maximum Gasteiger partial charge on any atom is 0.129 e. The van der Waals surface area contributed by atoms with Gasteiger partial charge in [-0.15, -0.1) is 6.58 Å². The number of anilines is 1. The quantitative estimate of drug-likeness (QED) is 0.207. The molecule has 0 spiro atoms. The summed E-state index contributed by atoms with van der Waals surface area (Å²) in [5, 5.41) is 3.27. The summed E-state index contributed by atoms with van der Waals surface area (Å²) in [7, 11) is 0. The molecule has 2 heteroatoms. The summed E-state index contributed by atoms with van der Waals surface area (Å²) >= 11 is 0. The third kappa shape index (κ3) is 8.30. The molecule has 0 aromatic heterocycles. The number of halogens is 1. The average Bonchev–Trinajstić information content (AvgIpc) is 2.95. The number of hydrogen-bond acceptors (Lipinski definition) is 1. The van der Waals surface area contributed by atoms with E-state index in [1.165, 1.54) is 33.4 Å². The summed E-state index contributed by atoms with van der Waals surface area (Å²) in [6.07, 6.45) is 13.0. The van der Waals surface area contributed by atoms with Gasteiger partial charge in [-0.1, -0.05) is 80.3 Å². The van der Waals surface area contributed by atoms with Crippen LogP contribution >= 0.6 is 0 Å². The van der Waals surface area contributed by atoms with E-state index in [-0.39, 0.29) is 11.2 Å². The van der Waals surface area contributed by atoms with Crippen molar-refractivity contribution in [3.05, 3.63) is 148 Å². The van der Waals surface area contributed by atoms with Gasteiger partial charge >= 0.3 is 0 Å². The minimum atomic E-state index is -0.270. The van der Waals surface area contributed by atoms with Crippen molar-refractivity contribution in [2.75, 3.05) is 5.32 Å².